The Hall–Kier alpha value is -0.0800. The first-order chi connectivity index (χ1) is 4.47. The van der Waals surface area contributed by atoms with Gasteiger partial charge in [-0.3, -0.25) is 5.43 Å². The summed E-state index contributed by atoms with van der Waals surface area (Å²) in [6.07, 6.45) is 5.64. The fraction of sp³-hybridized carbons (Fsp3) is 1.00. The van der Waals surface area contributed by atoms with Gasteiger partial charge in [-0.15, -0.1) is 0 Å². The van der Waals surface area contributed by atoms with Gasteiger partial charge in [0, 0.05) is 19.1 Å². The van der Waals surface area contributed by atoms with E-state index in [2.05, 4.69) is 10.4 Å². The molecular formula is C7H14N2. The lowest BCUT2D eigenvalue weighted by Crippen LogP contribution is -2.44. The highest BCUT2D eigenvalue weighted by Crippen LogP contribution is 2.24. The Morgan fingerprint density at radius 3 is 2.56 bits per heavy atom. The van der Waals surface area contributed by atoms with Crippen molar-refractivity contribution in [2.45, 2.75) is 31.7 Å². The molecule has 52 valence electrons. The van der Waals surface area contributed by atoms with Crippen LogP contribution >= 0.6 is 0 Å². The molecule has 2 nitrogen and oxygen atoms in total. The van der Waals surface area contributed by atoms with E-state index >= 15 is 0 Å². The molecule has 2 rings (SSSR count). The first kappa shape index (κ1) is 5.69. The van der Waals surface area contributed by atoms with E-state index in [1.165, 1.54) is 38.8 Å². The lowest BCUT2D eigenvalue weighted by molar-refractivity contribution is 0.109. The second kappa shape index (κ2) is 2.27. The maximum atomic E-state index is 3.39. The summed E-state index contributed by atoms with van der Waals surface area (Å²) in [6.45, 7) is 2.49. The van der Waals surface area contributed by atoms with Gasteiger partial charge in [-0.1, -0.05) is 6.42 Å². The van der Waals surface area contributed by atoms with Crippen LogP contribution in [-0.4, -0.2) is 24.1 Å². The van der Waals surface area contributed by atoms with Crippen LogP contribution < -0.4 is 5.43 Å². The van der Waals surface area contributed by atoms with Crippen molar-refractivity contribution < 1.29 is 0 Å². The van der Waals surface area contributed by atoms with Gasteiger partial charge in [0.15, 0.2) is 0 Å². The Kier molecular flexibility index (Phi) is 1.44. The van der Waals surface area contributed by atoms with Gasteiger partial charge in [0.05, 0.1) is 0 Å². The topological polar surface area (TPSA) is 15.3 Å². The molecule has 0 spiro atoms. The number of nitrogens with zero attached hydrogens (tertiary/aromatic N) is 1. The molecule has 2 heteroatoms. The predicted octanol–water partition coefficient (Wildman–Crippen LogP) is 0.749. The normalized spacial score (nSPS) is 30.7. The fourth-order valence-electron chi connectivity index (χ4n) is 1.56. The summed E-state index contributed by atoms with van der Waals surface area (Å²) in [5, 5.41) is 2.42. The van der Waals surface area contributed by atoms with Crippen LogP contribution in [-0.2, 0) is 0 Å². The molecule has 1 heterocycles. The summed E-state index contributed by atoms with van der Waals surface area (Å²) in [5.41, 5.74) is 3.39. The molecule has 0 amide bonds. The summed E-state index contributed by atoms with van der Waals surface area (Å²) in [4.78, 5) is 0. The van der Waals surface area contributed by atoms with E-state index in [0.717, 1.165) is 6.04 Å². The van der Waals surface area contributed by atoms with Crippen molar-refractivity contribution in [3.05, 3.63) is 0 Å². The molecule has 1 saturated carbocycles. The van der Waals surface area contributed by atoms with Crippen molar-refractivity contribution in [2.75, 3.05) is 13.1 Å². The minimum atomic E-state index is 0.896. The van der Waals surface area contributed by atoms with Crippen molar-refractivity contribution in [1.82, 2.24) is 10.4 Å². The van der Waals surface area contributed by atoms with Gasteiger partial charge < -0.3 is 0 Å². The summed E-state index contributed by atoms with van der Waals surface area (Å²) in [6, 6.07) is 0.896. The van der Waals surface area contributed by atoms with Gasteiger partial charge in [0.2, 0.25) is 0 Å². The zero-order valence-corrected chi connectivity index (χ0v) is 5.77. The highest BCUT2D eigenvalue weighted by atomic mass is 15.5. The fourth-order valence-corrected chi connectivity index (χ4v) is 1.56. The van der Waals surface area contributed by atoms with Gasteiger partial charge >= 0.3 is 0 Å². The van der Waals surface area contributed by atoms with Crippen LogP contribution in [0.1, 0.15) is 25.7 Å². The summed E-state index contributed by atoms with van der Waals surface area (Å²) < 4.78 is 0. The summed E-state index contributed by atoms with van der Waals surface area (Å²) in [5.74, 6) is 0. The quantitative estimate of drug-likeness (QED) is 0.557. The molecule has 2 aliphatic rings. The molecule has 1 N–H and O–H groups in total. The standard InChI is InChI=1S/C7H14N2/c1-3-7(4-1)9-6-2-5-8-9/h7-8H,1-6H2. The highest BCUT2D eigenvalue weighted by molar-refractivity contribution is 4.80. The zero-order chi connectivity index (χ0) is 6.10. The van der Waals surface area contributed by atoms with Crippen molar-refractivity contribution in [3.8, 4) is 0 Å². The molecule has 0 bridgehead atoms. The molecule has 2 fully saturated rings. The van der Waals surface area contributed by atoms with E-state index in [4.69, 9.17) is 0 Å². The molecule has 1 saturated heterocycles. The van der Waals surface area contributed by atoms with Gasteiger partial charge in [-0.05, 0) is 19.3 Å². The van der Waals surface area contributed by atoms with E-state index in [1.807, 2.05) is 0 Å². The van der Waals surface area contributed by atoms with Crippen molar-refractivity contribution >= 4 is 0 Å². The highest BCUT2D eigenvalue weighted by Gasteiger charge is 2.26. The Bertz CT molecular complexity index is 93.1. The minimum absolute atomic E-state index is 0.896. The minimum Gasteiger partial charge on any atom is -0.255 e. The van der Waals surface area contributed by atoms with E-state index < -0.39 is 0 Å². The lowest BCUT2D eigenvalue weighted by atomic mass is 9.93. The van der Waals surface area contributed by atoms with Gasteiger partial charge in [0.25, 0.3) is 0 Å². The number of hydrogen-bond donors (Lipinski definition) is 1. The van der Waals surface area contributed by atoms with Crippen LogP contribution in [0.15, 0.2) is 0 Å². The van der Waals surface area contributed by atoms with Crippen LogP contribution in [0.2, 0.25) is 0 Å². The van der Waals surface area contributed by atoms with Gasteiger partial charge in [0.1, 0.15) is 0 Å². The largest absolute Gasteiger partial charge is 0.255 e. The SMILES string of the molecule is C1CC(N2CCCN2)C1. The predicted molar refractivity (Wildman–Crippen MR) is 37.0 cm³/mol. The molecule has 0 aromatic rings. The van der Waals surface area contributed by atoms with Crippen molar-refractivity contribution in [1.29, 1.82) is 0 Å². The average molecular weight is 126 g/mol. The van der Waals surface area contributed by atoms with E-state index in [0.29, 0.717) is 0 Å². The smallest absolute Gasteiger partial charge is 0.0243 e. The van der Waals surface area contributed by atoms with Crippen LogP contribution in [0, 0.1) is 0 Å². The Morgan fingerprint density at radius 2 is 2.11 bits per heavy atom. The zero-order valence-electron chi connectivity index (χ0n) is 5.77. The van der Waals surface area contributed by atoms with Crippen molar-refractivity contribution in [2.24, 2.45) is 0 Å². The third-order valence-corrected chi connectivity index (χ3v) is 2.41. The first-order valence-electron chi connectivity index (χ1n) is 3.97. The molecule has 0 atom stereocenters. The van der Waals surface area contributed by atoms with Crippen LogP contribution in [0.4, 0.5) is 0 Å². The second-order valence-corrected chi connectivity index (χ2v) is 3.04. The van der Waals surface area contributed by atoms with Gasteiger partial charge in [-0.2, -0.15) is 0 Å². The van der Waals surface area contributed by atoms with Crippen LogP contribution in [0.3, 0.4) is 0 Å². The monoisotopic (exact) mass is 126 g/mol. The maximum absolute atomic E-state index is 3.39. The average Bonchev–Trinajstić information content (AvgIpc) is 2.11. The number of hydrazine groups is 1. The van der Waals surface area contributed by atoms with Crippen molar-refractivity contribution in [3.63, 3.8) is 0 Å². The van der Waals surface area contributed by atoms with E-state index in [9.17, 15) is 0 Å². The lowest BCUT2D eigenvalue weighted by Gasteiger charge is -2.33. The third-order valence-electron chi connectivity index (χ3n) is 2.41. The third kappa shape index (κ3) is 0.970. The molecular weight excluding hydrogens is 112 g/mol. The molecule has 0 radical (unpaired) electrons. The summed E-state index contributed by atoms with van der Waals surface area (Å²) in [7, 11) is 0. The Morgan fingerprint density at radius 1 is 1.22 bits per heavy atom. The molecule has 1 aliphatic heterocycles. The second-order valence-electron chi connectivity index (χ2n) is 3.04. The molecule has 1 aliphatic carbocycles. The van der Waals surface area contributed by atoms with Crippen LogP contribution in [0.25, 0.3) is 0 Å². The van der Waals surface area contributed by atoms with E-state index in [-0.39, 0.29) is 0 Å². The number of nitrogens with one attached hydrogen (secondary N) is 1. The van der Waals surface area contributed by atoms with E-state index in [1.54, 1.807) is 0 Å². The molecule has 0 aromatic heterocycles. The Labute approximate surface area is 56.2 Å². The first-order valence-corrected chi connectivity index (χ1v) is 3.97. The molecule has 0 aromatic carbocycles. The molecule has 9 heavy (non-hydrogen) atoms. The number of rotatable bonds is 1. The number of hydrogen-bond acceptors (Lipinski definition) is 2. The summed E-state index contributed by atoms with van der Waals surface area (Å²) >= 11 is 0. The maximum Gasteiger partial charge on any atom is 0.0243 e. The Balaban J connectivity index is 1.82. The van der Waals surface area contributed by atoms with Gasteiger partial charge in [-0.25, -0.2) is 5.01 Å². The van der Waals surface area contributed by atoms with Crippen LogP contribution in [0.5, 0.6) is 0 Å². The molecule has 0 unspecified atom stereocenters.